The normalized spacial score (nSPS) is 12.7. The Morgan fingerprint density at radius 1 is 1.04 bits per heavy atom. The Morgan fingerprint density at radius 2 is 1.68 bits per heavy atom. The molecule has 1 unspecified atom stereocenters. The molecule has 0 spiro atoms. The first-order valence-electron chi connectivity index (χ1n) is 7.31. The molecular weight excluding hydrogens is 360 g/mol. The molecular formula is C16H15F4N2O2S-. The van der Waals surface area contributed by atoms with Crippen LogP contribution in [0.2, 0.25) is 0 Å². The lowest BCUT2D eigenvalue weighted by atomic mass is 10.1. The van der Waals surface area contributed by atoms with Crippen molar-refractivity contribution < 1.29 is 26.3 Å². The molecule has 0 radical (unpaired) electrons. The van der Waals surface area contributed by atoms with E-state index < -0.39 is 28.8 Å². The highest BCUT2D eigenvalue weighted by Gasteiger charge is 2.30. The second-order valence-corrected chi connectivity index (χ2v) is 5.92. The molecule has 0 aliphatic rings. The minimum atomic E-state index is -4.50. The van der Waals surface area contributed by atoms with Crippen molar-refractivity contribution in [2.24, 2.45) is 0 Å². The van der Waals surface area contributed by atoms with E-state index >= 15 is 0 Å². The quantitative estimate of drug-likeness (QED) is 0.435. The van der Waals surface area contributed by atoms with Crippen LogP contribution in [0.5, 0.6) is 0 Å². The second-order valence-electron chi connectivity index (χ2n) is 5.25. The van der Waals surface area contributed by atoms with E-state index in [9.17, 15) is 26.3 Å². The third-order valence-electron chi connectivity index (χ3n) is 3.41. The first-order valence-corrected chi connectivity index (χ1v) is 8.38. The Bertz CT molecular complexity index is 736. The molecule has 2 rings (SSSR count). The molecule has 1 atom stereocenters. The molecule has 2 N–H and O–H groups in total. The second kappa shape index (κ2) is 8.30. The fraction of sp³-hybridized carbons (Fsp3) is 0.250. The van der Waals surface area contributed by atoms with Gasteiger partial charge in [0.2, 0.25) is 0 Å². The van der Waals surface area contributed by atoms with E-state index in [1.807, 2.05) is 0 Å². The van der Waals surface area contributed by atoms with Crippen LogP contribution >= 0.6 is 0 Å². The van der Waals surface area contributed by atoms with Crippen molar-refractivity contribution in [2.45, 2.75) is 19.0 Å². The maximum atomic E-state index is 13.6. The molecule has 0 amide bonds. The molecule has 0 bridgehead atoms. The number of anilines is 2. The largest absolute Gasteiger partial charge is 0.755 e. The topological polar surface area (TPSA) is 64.2 Å². The van der Waals surface area contributed by atoms with Crippen molar-refractivity contribution in [3.63, 3.8) is 0 Å². The Labute approximate surface area is 144 Å². The summed E-state index contributed by atoms with van der Waals surface area (Å²) in [6.07, 6.45) is -3.90. The molecule has 136 valence electrons. The Balaban J connectivity index is 1.86. The average molecular weight is 375 g/mol. The molecule has 0 fully saturated rings. The standard InChI is InChI=1S/C16H16F4N2O2S/c17-15-8-3-12(16(18,19)20)10-11(15)2-1-9-21-13-4-6-14(7-5-13)22-25(23)24/h3-8,10,21-22H,1-2,9H2,(H,23,24)/p-1. The van der Waals surface area contributed by atoms with Crippen LogP contribution in [0.1, 0.15) is 17.5 Å². The lowest BCUT2D eigenvalue weighted by molar-refractivity contribution is -0.137. The van der Waals surface area contributed by atoms with Gasteiger partial charge in [0.25, 0.3) is 0 Å². The zero-order valence-electron chi connectivity index (χ0n) is 12.9. The van der Waals surface area contributed by atoms with Gasteiger partial charge in [0.1, 0.15) is 5.82 Å². The monoisotopic (exact) mass is 375 g/mol. The van der Waals surface area contributed by atoms with Gasteiger partial charge in [0, 0.05) is 29.2 Å². The van der Waals surface area contributed by atoms with E-state index in [0.717, 1.165) is 18.2 Å². The summed E-state index contributed by atoms with van der Waals surface area (Å²) in [6.45, 7) is 0.427. The summed E-state index contributed by atoms with van der Waals surface area (Å²) in [5, 5.41) is 3.03. The number of hydrogen-bond donors (Lipinski definition) is 2. The van der Waals surface area contributed by atoms with Crippen LogP contribution in [0.4, 0.5) is 28.9 Å². The van der Waals surface area contributed by atoms with Crippen LogP contribution in [-0.2, 0) is 23.9 Å². The zero-order chi connectivity index (χ0) is 18.4. The molecule has 2 aromatic carbocycles. The smallest absolute Gasteiger partial charge is 0.416 e. The maximum Gasteiger partial charge on any atom is 0.416 e. The molecule has 4 nitrogen and oxygen atoms in total. The predicted molar refractivity (Wildman–Crippen MR) is 87.2 cm³/mol. The zero-order valence-corrected chi connectivity index (χ0v) is 13.7. The summed E-state index contributed by atoms with van der Waals surface area (Å²) >= 11 is -2.40. The van der Waals surface area contributed by atoms with Gasteiger partial charge in [-0.3, -0.25) is 4.21 Å². The van der Waals surface area contributed by atoms with Gasteiger partial charge in [-0.05, 0) is 60.9 Å². The maximum absolute atomic E-state index is 13.6. The first kappa shape index (κ1) is 19.2. The molecule has 0 heterocycles. The number of alkyl halides is 3. The Morgan fingerprint density at radius 3 is 2.28 bits per heavy atom. The summed E-state index contributed by atoms with van der Waals surface area (Å²) in [7, 11) is 0. The lowest BCUT2D eigenvalue weighted by Crippen LogP contribution is -2.08. The van der Waals surface area contributed by atoms with Crippen molar-refractivity contribution in [3.05, 3.63) is 59.4 Å². The van der Waals surface area contributed by atoms with Gasteiger partial charge in [-0.15, -0.1) is 0 Å². The highest BCUT2D eigenvalue weighted by atomic mass is 32.2. The molecule has 0 aromatic heterocycles. The van der Waals surface area contributed by atoms with Crippen LogP contribution < -0.4 is 10.0 Å². The summed E-state index contributed by atoms with van der Waals surface area (Å²) in [6, 6.07) is 8.81. The summed E-state index contributed by atoms with van der Waals surface area (Å²) in [4.78, 5) is 0. The lowest BCUT2D eigenvalue weighted by Gasteiger charge is -2.11. The van der Waals surface area contributed by atoms with Crippen molar-refractivity contribution in [1.82, 2.24) is 0 Å². The van der Waals surface area contributed by atoms with E-state index in [1.54, 1.807) is 24.3 Å². The fourth-order valence-electron chi connectivity index (χ4n) is 2.21. The summed E-state index contributed by atoms with van der Waals surface area (Å²) in [5.74, 6) is -0.658. The first-order chi connectivity index (χ1) is 11.8. The number of hydrogen-bond acceptors (Lipinski definition) is 3. The number of nitrogens with one attached hydrogen (secondary N) is 2. The highest BCUT2D eigenvalue weighted by Crippen LogP contribution is 2.30. The SMILES string of the molecule is O=S([O-])Nc1ccc(NCCCc2cc(C(F)(F)F)ccc2F)cc1. The molecule has 0 aliphatic heterocycles. The van der Waals surface area contributed by atoms with E-state index in [0.29, 0.717) is 24.3 Å². The molecule has 25 heavy (non-hydrogen) atoms. The number of rotatable bonds is 7. The Hall–Kier alpha value is -2.13. The third kappa shape index (κ3) is 6.02. The van der Waals surface area contributed by atoms with Gasteiger partial charge in [0.15, 0.2) is 0 Å². The third-order valence-corrected chi connectivity index (χ3v) is 3.81. The highest BCUT2D eigenvalue weighted by molar-refractivity contribution is 7.80. The average Bonchev–Trinajstić information content (AvgIpc) is 2.53. The van der Waals surface area contributed by atoms with Gasteiger partial charge < -0.3 is 14.6 Å². The summed E-state index contributed by atoms with van der Waals surface area (Å²) < 4.78 is 74.7. The van der Waals surface area contributed by atoms with E-state index in [4.69, 9.17) is 0 Å². The van der Waals surface area contributed by atoms with Gasteiger partial charge in [0.05, 0.1) is 5.56 Å². The molecule has 2 aromatic rings. The van der Waals surface area contributed by atoms with Crippen molar-refractivity contribution in [2.75, 3.05) is 16.6 Å². The van der Waals surface area contributed by atoms with E-state index in [-0.39, 0.29) is 12.0 Å². The van der Waals surface area contributed by atoms with Crippen molar-refractivity contribution >= 4 is 22.6 Å². The van der Waals surface area contributed by atoms with Crippen LogP contribution in [0.3, 0.4) is 0 Å². The van der Waals surface area contributed by atoms with Gasteiger partial charge in [-0.25, -0.2) is 4.39 Å². The van der Waals surface area contributed by atoms with Gasteiger partial charge >= 0.3 is 6.18 Å². The van der Waals surface area contributed by atoms with Crippen LogP contribution in [-0.4, -0.2) is 15.3 Å². The van der Waals surface area contributed by atoms with E-state index in [1.165, 1.54) is 0 Å². The molecule has 0 aliphatic carbocycles. The Kier molecular flexibility index (Phi) is 6.38. The van der Waals surface area contributed by atoms with Crippen LogP contribution in [0.25, 0.3) is 0 Å². The van der Waals surface area contributed by atoms with E-state index in [2.05, 4.69) is 10.0 Å². The van der Waals surface area contributed by atoms with Crippen LogP contribution in [0.15, 0.2) is 42.5 Å². The predicted octanol–water partition coefficient (Wildman–Crippen LogP) is 4.10. The van der Waals surface area contributed by atoms with Crippen molar-refractivity contribution in [3.8, 4) is 0 Å². The molecule has 9 heteroatoms. The molecule has 0 saturated heterocycles. The fourth-order valence-corrected chi connectivity index (χ4v) is 2.54. The number of aryl methyl sites for hydroxylation is 1. The van der Waals surface area contributed by atoms with Crippen molar-refractivity contribution in [1.29, 1.82) is 0 Å². The minimum Gasteiger partial charge on any atom is -0.755 e. The van der Waals surface area contributed by atoms with Gasteiger partial charge in [-0.2, -0.15) is 13.2 Å². The van der Waals surface area contributed by atoms with Gasteiger partial charge in [-0.1, -0.05) is 0 Å². The number of halogens is 4. The summed E-state index contributed by atoms with van der Waals surface area (Å²) in [5.41, 5.74) is 0.279. The molecule has 0 saturated carbocycles. The van der Waals surface area contributed by atoms with Crippen LogP contribution in [0, 0.1) is 5.82 Å². The minimum absolute atomic E-state index is 0.0223. The number of benzene rings is 2.